The molecule has 0 atom stereocenters. The third-order valence-corrected chi connectivity index (χ3v) is 4.81. The van der Waals surface area contributed by atoms with Gasteiger partial charge in [0, 0.05) is 18.8 Å². The second-order valence-corrected chi connectivity index (χ2v) is 7.68. The Balaban J connectivity index is 1.81. The van der Waals surface area contributed by atoms with Gasteiger partial charge < -0.3 is 25.0 Å². The first-order chi connectivity index (χ1) is 11.6. The molecule has 2 heterocycles. The van der Waals surface area contributed by atoms with Crippen LogP contribution in [0.15, 0.2) is 18.2 Å². The number of anilines is 1. The topological polar surface area (TPSA) is 99.1 Å². The molecule has 0 saturated carbocycles. The van der Waals surface area contributed by atoms with Crippen LogP contribution in [0.25, 0.3) is 0 Å². The van der Waals surface area contributed by atoms with E-state index in [4.69, 9.17) is 4.74 Å². The van der Waals surface area contributed by atoms with Gasteiger partial charge in [-0.3, -0.25) is 4.79 Å². The van der Waals surface area contributed by atoms with Crippen LogP contribution in [-0.2, 0) is 14.9 Å². The van der Waals surface area contributed by atoms with Crippen molar-refractivity contribution in [3.05, 3.63) is 23.8 Å². The summed E-state index contributed by atoms with van der Waals surface area (Å²) in [5.41, 5.74) is 0.519. The maximum Gasteiger partial charge on any atom is 0.488 e. The van der Waals surface area contributed by atoms with Gasteiger partial charge in [-0.1, -0.05) is 12.1 Å². The third kappa shape index (κ3) is 3.24. The summed E-state index contributed by atoms with van der Waals surface area (Å²) < 4.78 is 5.40. The fourth-order valence-corrected chi connectivity index (χ4v) is 3.49. The minimum absolute atomic E-state index is 0.101. The molecular weight excluding hydrogens is 323 g/mol. The van der Waals surface area contributed by atoms with Gasteiger partial charge in [0.1, 0.15) is 5.60 Å². The highest BCUT2D eigenvalue weighted by molar-refractivity contribution is 6.58. The zero-order valence-corrected chi connectivity index (χ0v) is 14.7. The number of piperidine rings is 1. The Morgan fingerprint density at radius 3 is 2.48 bits per heavy atom. The summed E-state index contributed by atoms with van der Waals surface area (Å²) in [6.07, 6.45) is 0.562. The molecule has 0 aliphatic carbocycles. The largest absolute Gasteiger partial charge is 0.488 e. The number of carbonyl (C=O) groups is 2. The molecule has 1 aromatic carbocycles. The fraction of sp³-hybridized carbons (Fsp3) is 0.529. The molecule has 1 fully saturated rings. The minimum Gasteiger partial charge on any atom is -0.444 e. The Hall–Kier alpha value is -2.06. The quantitative estimate of drug-likeness (QED) is 0.647. The van der Waals surface area contributed by atoms with Crippen molar-refractivity contribution in [3.8, 4) is 0 Å². The third-order valence-electron chi connectivity index (χ3n) is 4.81. The Kier molecular flexibility index (Phi) is 4.29. The fourth-order valence-electron chi connectivity index (χ4n) is 3.49. The molecular formula is C17H23BN2O5. The molecule has 25 heavy (non-hydrogen) atoms. The van der Waals surface area contributed by atoms with Crippen LogP contribution in [0.1, 0.15) is 39.2 Å². The van der Waals surface area contributed by atoms with Gasteiger partial charge in [-0.25, -0.2) is 4.79 Å². The van der Waals surface area contributed by atoms with E-state index >= 15 is 0 Å². The Labute approximate surface area is 147 Å². The first kappa shape index (κ1) is 17.8. The lowest BCUT2D eigenvalue weighted by atomic mass is 9.70. The molecule has 1 aromatic rings. The predicted octanol–water partition coefficient (Wildman–Crippen LogP) is 0.587. The molecule has 2 aliphatic rings. The van der Waals surface area contributed by atoms with Gasteiger partial charge in [0.2, 0.25) is 5.91 Å². The lowest BCUT2D eigenvalue weighted by Crippen LogP contribution is -2.49. The lowest BCUT2D eigenvalue weighted by Gasteiger charge is -2.38. The summed E-state index contributed by atoms with van der Waals surface area (Å²) >= 11 is 0. The smallest absolute Gasteiger partial charge is 0.444 e. The molecule has 2 aliphatic heterocycles. The van der Waals surface area contributed by atoms with Crippen molar-refractivity contribution >= 4 is 30.3 Å². The maximum absolute atomic E-state index is 12.6. The monoisotopic (exact) mass is 346 g/mol. The summed E-state index contributed by atoms with van der Waals surface area (Å²) in [5.74, 6) is -0.101. The molecule has 0 radical (unpaired) electrons. The van der Waals surface area contributed by atoms with Crippen molar-refractivity contribution in [2.24, 2.45) is 0 Å². The van der Waals surface area contributed by atoms with Gasteiger partial charge in [-0.2, -0.15) is 0 Å². The number of nitrogens with one attached hydrogen (secondary N) is 1. The highest BCUT2D eigenvalue weighted by Gasteiger charge is 2.49. The number of nitrogens with zero attached hydrogens (tertiary/aromatic N) is 1. The number of amides is 2. The maximum atomic E-state index is 12.6. The first-order valence-corrected chi connectivity index (χ1v) is 8.42. The van der Waals surface area contributed by atoms with Gasteiger partial charge in [0.25, 0.3) is 0 Å². The van der Waals surface area contributed by atoms with Gasteiger partial charge in [-0.15, -0.1) is 0 Å². The van der Waals surface area contributed by atoms with Crippen molar-refractivity contribution in [1.29, 1.82) is 0 Å². The van der Waals surface area contributed by atoms with Crippen molar-refractivity contribution in [1.82, 2.24) is 4.90 Å². The molecule has 1 spiro atoms. The molecule has 1 saturated heterocycles. The number of fused-ring (bicyclic) bond motifs is 2. The first-order valence-electron chi connectivity index (χ1n) is 8.42. The number of ether oxygens (including phenoxy) is 1. The van der Waals surface area contributed by atoms with E-state index in [1.807, 2.05) is 20.8 Å². The second kappa shape index (κ2) is 6.03. The van der Waals surface area contributed by atoms with Gasteiger partial charge >= 0.3 is 13.2 Å². The van der Waals surface area contributed by atoms with Gasteiger partial charge in [0.15, 0.2) is 0 Å². The van der Waals surface area contributed by atoms with E-state index in [2.05, 4.69) is 5.32 Å². The van der Waals surface area contributed by atoms with Crippen LogP contribution in [0.5, 0.6) is 0 Å². The van der Waals surface area contributed by atoms with Crippen LogP contribution < -0.4 is 10.8 Å². The average molecular weight is 346 g/mol. The van der Waals surface area contributed by atoms with E-state index < -0.39 is 18.1 Å². The van der Waals surface area contributed by atoms with E-state index in [9.17, 15) is 19.6 Å². The Morgan fingerprint density at radius 2 is 1.92 bits per heavy atom. The van der Waals surface area contributed by atoms with Crippen LogP contribution >= 0.6 is 0 Å². The summed E-state index contributed by atoms with van der Waals surface area (Å²) in [6.45, 7) is 6.28. The van der Waals surface area contributed by atoms with Crippen molar-refractivity contribution < 1.29 is 24.4 Å². The second-order valence-electron chi connectivity index (χ2n) is 7.68. The molecule has 134 valence electrons. The number of rotatable bonds is 1. The molecule has 0 aromatic heterocycles. The van der Waals surface area contributed by atoms with E-state index in [1.165, 1.54) is 0 Å². The summed E-state index contributed by atoms with van der Waals surface area (Å²) in [7, 11) is -1.58. The predicted molar refractivity (Wildman–Crippen MR) is 93.6 cm³/mol. The normalized spacial score (nSPS) is 18.8. The summed E-state index contributed by atoms with van der Waals surface area (Å²) in [5, 5.41) is 21.7. The van der Waals surface area contributed by atoms with E-state index in [1.54, 1.807) is 23.1 Å². The number of hydrogen-bond acceptors (Lipinski definition) is 5. The van der Waals surface area contributed by atoms with Crippen molar-refractivity contribution in [2.45, 2.75) is 44.6 Å². The molecule has 0 bridgehead atoms. The molecule has 3 rings (SSSR count). The van der Waals surface area contributed by atoms with E-state index in [0.29, 0.717) is 37.1 Å². The van der Waals surface area contributed by atoms with Crippen molar-refractivity contribution in [2.75, 3.05) is 18.4 Å². The van der Waals surface area contributed by atoms with E-state index in [0.717, 1.165) is 5.56 Å². The summed E-state index contributed by atoms with van der Waals surface area (Å²) in [6, 6.07) is 4.94. The summed E-state index contributed by atoms with van der Waals surface area (Å²) in [4.78, 5) is 26.5. The zero-order chi connectivity index (χ0) is 18.4. The number of carbonyl (C=O) groups excluding carboxylic acids is 2. The number of hydrogen-bond donors (Lipinski definition) is 3. The minimum atomic E-state index is -1.58. The van der Waals surface area contributed by atoms with E-state index in [-0.39, 0.29) is 12.0 Å². The van der Waals surface area contributed by atoms with Gasteiger partial charge in [-0.05, 0) is 50.7 Å². The number of benzene rings is 1. The molecule has 2 amide bonds. The highest BCUT2D eigenvalue weighted by atomic mass is 16.6. The molecule has 3 N–H and O–H groups in total. The molecule has 0 unspecified atom stereocenters. The van der Waals surface area contributed by atoms with Crippen LogP contribution in [0, 0.1) is 0 Å². The van der Waals surface area contributed by atoms with Crippen LogP contribution in [0.4, 0.5) is 10.5 Å². The Morgan fingerprint density at radius 1 is 1.28 bits per heavy atom. The lowest BCUT2D eigenvalue weighted by molar-refractivity contribution is -0.122. The number of likely N-dealkylation sites (tertiary alicyclic amines) is 1. The Bertz CT molecular complexity index is 705. The van der Waals surface area contributed by atoms with Crippen LogP contribution in [0.3, 0.4) is 0 Å². The van der Waals surface area contributed by atoms with Crippen LogP contribution in [0.2, 0.25) is 0 Å². The standard InChI is InChI=1S/C17H23BN2O5/c1-16(2,3)25-15(22)20-8-6-17(7-9-20)12-10-11(18(23)24)4-5-13(12)19-14(17)21/h4-5,10,23-24H,6-9H2,1-3H3,(H,19,21). The molecule has 7 nitrogen and oxygen atoms in total. The van der Waals surface area contributed by atoms with Gasteiger partial charge in [0.05, 0.1) is 5.41 Å². The van der Waals surface area contributed by atoms with Crippen LogP contribution in [-0.4, -0.2) is 52.8 Å². The highest BCUT2D eigenvalue weighted by Crippen LogP contribution is 2.44. The zero-order valence-electron chi connectivity index (χ0n) is 14.7. The molecule has 8 heteroatoms. The SMILES string of the molecule is CC(C)(C)OC(=O)N1CCC2(CC1)C(=O)Nc1ccc(B(O)O)cc12. The van der Waals surface area contributed by atoms with Crippen molar-refractivity contribution in [3.63, 3.8) is 0 Å². The average Bonchev–Trinajstić information content (AvgIpc) is 2.78.